The van der Waals surface area contributed by atoms with Crippen LogP contribution in [0.25, 0.3) is 0 Å². The van der Waals surface area contributed by atoms with Gasteiger partial charge in [0.15, 0.2) is 0 Å². The maximum Gasteiger partial charge on any atom is 0.245 e. The van der Waals surface area contributed by atoms with E-state index in [1.54, 1.807) is 4.90 Å². The third kappa shape index (κ3) is 3.02. The molecule has 0 saturated carbocycles. The van der Waals surface area contributed by atoms with E-state index in [-0.39, 0.29) is 17.9 Å². The molecule has 120 valence electrons. The lowest BCUT2D eigenvalue weighted by molar-refractivity contribution is -0.143. The van der Waals surface area contributed by atoms with Gasteiger partial charge in [0.1, 0.15) is 17.6 Å². The molecule has 1 aromatic rings. The number of piperazine rings is 1. The molecule has 0 aliphatic carbocycles. The van der Waals surface area contributed by atoms with Gasteiger partial charge in [0.05, 0.1) is 6.54 Å². The molecule has 3 heterocycles. The Balaban J connectivity index is 1.68. The Morgan fingerprint density at radius 3 is 2.64 bits per heavy atom. The molecule has 2 saturated heterocycles. The van der Waals surface area contributed by atoms with Crippen LogP contribution in [-0.2, 0) is 16.1 Å². The van der Waals surface area contributed by atoms with Crippen molar-refractivity contribution in [1.82, 2.24) is 14.7 Å². The van der Waals surface area contributed by atoms with E-state index in [9.17, 15) is 9.59 Å². The lowest BCUT2D eigenvalue weighted by Gasteiger charge is -2.35. The molecule has 0 N–H and O–H groups in total. The molecule has 2 fully saturated rings. The number of nitrogens with zero attached hydrogens (tertiary/aromatic N) is 3. The molecule has 0 aromatic carbocycles. The number of likely N-dealkylation sites (tertiary alicyclic amines) is 1. The van der Waals surface area contributed by atoms with Gasteiger partial charge < -0.3 is 19.1 Å². The predicted molar refractivity (Wildman–Crippen MR) is 81.1 cm³/mol. The summed E-state index contributed by atoms with van der Waals surface area (Å²) in [5.41, 5.74) is 0. The SMILES string of the molecule is Cc1ccc(CN2C(=O)CC[C@@H]2C(=O)N2CCN(C)CC2)o1. The molecule has 22 heavy (non-hydrogen) atoms. The number of likely N-dealkylation sites (N-methyl/N-ethyl adjacent to an activating group) is 1. The van der Waals surface area contributed by atoms with Crippen LogP contribution in [0.4, 0.5) is 0 Å². The Morgan fingerprint density at radius 1 is 1.27 bits per heavy atom. The van der Waals surface area contributed by atoms with Crippen molar-refractivity contribution < 1.29 is 14.0 Å². The molecule has 3 rings (SSSR count). The second-order valence-corrected chi connectivity index (χ2v) is 6.22. The number of carbonyl (C=O) groups is 2. The Bertz CT molecular complexity index is 561. The quantitative estimate of drug-likeness (QED) is 0.831. The van der Waals surface area contributed by atoms with Crippen molar-refractivity contribution >= 4 is 11.8 Å². The normalized spacial score (nSPS) is 23.4. The minimum absolute atomic E-state index is 0.0431. The van der Waals surface area contributed by atoms with Crippen molar-refractivity contribution in [3.05, 3.63) is 23.7 Å². The van der Waals surface area contributed by atoms with E-state index in [1.165, 1.54) is 0 Å². The third-order valence-corrected chi connectivity index (χ3v) is 4.55. The van der Waals surface area contributed by atoms with Crippen LogP contribution in [-0.4, -0.2) is 65.8 Å². The molecule has 0 bridgehead atoms. The maximum absolute atomic E-state index is 12.7. The number of hydrogen-bond acceptors (Lipinski definition) is 4. The fourth-order valence-electron chi connectivity index (χ4n) is 3.16. The molecule has 0 unspecified atom stereocenters. The van der Waals surface area contributed by atoms with Crippen molar-refractivity contribution in [2.45, 2.75) is 32.4 Å². The summed E-state index contributed by atoms with van der Waals surface area (Å²) in [6.45, 7) is 5.54. The van der Waals surface area contributed by atoms with Gasteiger partial charge in [-0.1, -0.05) is 0 Å². The summed E-state index contributed by atoms with van der Waals surface area (Å²) in [7, 11) is 2.06. The van der Waals surface area contributed by atoms with Crippen molar-refractivity contribution in [3.8, 4) is 0 Å². The van der Waals surface area contributed by atoms with E-state index >= 15 is 0 Å². The van der Waals surface area contributed by atoms with E-state index in [0.29, 0.717) is 19.4 Å². The van der Waals surface area contributed by atoms with Crippen molar-refractivity contribution in [2.75, 3.05) is 33.2 Å². The number of carbonyl (C=O) groups excluding carboxylic acids is 2. The van der Waals surface area contributed by atoms with E-state index in [0.717, 1.165) is 37.7 Å². The van der Waals surface area contributed by atoms with Gasteiger partial charge in [-0.05, 0) is 32.5 Å². The highest BCUT2D eigenvalue weighted by molar-refractivity contribution is 5.91. The molecule has 2 aliphatic rings. The largest absolute Gasteiger partial charge is 0.464 e. The first kappa shape index (κ1) is 15.1. The summed E-state index contributed by atoms with van der Waals surface area (Å²) in [5, 5.41) is 0. The van der Waals surface area contributed by atoms with Crippen LogP contribution in [0, 0.1) is 6.92 Å². The van der Waals surface area contributed by atoms with E-state index < -0.39 is 0 Å². The Kier molecular flexibility index (Phi) is 4.20. The summed E-state index contributed by atoms with van der Waals surface area (Å²) in [6.07, 6.45) is 1.06. The molecule has 1 aromatic heterocycles. The van der Waals surface area contributed by atoms with Crippen molar-refractivity contribution in [2.24, 2.45) is 0 Å². The van der Waals surface area contributed by atoms with Crippen LogP contribution in [0.1, 0.15) is 24.4 Å². The molecule has 1 atom stereocenters. The summed E-state index contributed by atoms with van der Waals surface area (Å²) in [4.78, 5) is 30.7. The fourth-order valence-corrected chi connectivity index (χ4v) is 3.16. The lowest BCUT2D eigenvalue weighted by atomic mass is 10.1. The van der Waals surface area contributed by atoms with Gasteiger partial charge in [0.25, 0.3) is 0 Å². The monoisotopic (exact) mass is 305 g/mol. The van der Waals surface area contributed by atoms with E-state index in [2.05, 4.69) is 11.9 Å². The highest BCUT2D eigenvalue weighted by atomic mass is 16.3. The van der Waals surface area contributed by atoms with Gasteiger partial charge in [0.2, 0.25) is 11.8 Å². The van der Waals surface area contributed by atoms with Crippen LogP contribution < -0.4 is 0 Å². The van der Waals surface area contributed by atoms with Crippen molar-refractivity contribution in [1.29, 1.82) is 0 Å². The fraction of sp³-hybridized carbons (Fsp3) is 0.625. The molecule has 2 amide bonds. The minimum atomic E-state index is -0.332. The van der Waals surface area contributed by atoms with Gasteiger partial charge >= 0.3 is 0 Å². The highest BCUT2D eigenvalue weighted by Crippen LogP contribution is 2.24. The van der Waals surface area contributed by atoms with Crippen LogP contribution in [0.5, 0.6) is 0 Å². The standard InChI is InChI=1S/C16H23N3O3/c1-12-3-4-13(22-12)11-19-14(5-6-15(19)20)16(21)18-9-7-17(2)8-10-18/h3-4,14H,5-11H2,1-2H3/t14-/m1/s1. The second-order valence-electron chi connectivity index (χ2n) is 6.22. The number of furan rings is 1. The highest BCUT2D eigenvalue weighted by Gasteiger charge is 2.39. The van der Waals surface area contributed by atoms with Crippen molar-refractivity contribution in [3.63, 3.8) is 0 Å². The Morgan fingerprint density at radius 2 is 2.00 bits per heavy atom. The first-order valence-corrected chi connectivity index (χ1v) is 7.86. The van der Waals surface area contributed by atoms with Gasteiger partial charge in [0, 0.05) is 32.6 Å². The summed E-state index contributed by atoms with van der Waals surface area (Å²) >= 11 is 0. The molecular weight excluding hydrogens is 282 g/mol. The molecule has 2 aliphatic heterocycles. The Hall–Kier alpha value is -1.82. The zero-order valence-electron chi connectivity index (χ0n) is 13.2. The minimum Gasteiger partial charge on any atom is -0.464 e. The van der Waals surface area contributed by atoms with Gasteiger partial charge in [-0.3, -0.25) is 9.59 Å². The second kappa shape index (κ2) is 6.12. The molecule has 6 heteroatoms. The summed E-state index contributed by atoms with van der Waals surface area (Å²) < 4.78 is 5.56. The number of amides is 2. The number of hydrogen-bond donors (Lipinski definition) is 0. The number of aryl methyl sites for hydroxylation is 1. The smallest absolute Gasteiger partial charge is 0.245 e. The average Bonchev–Trinajstić information content (AvgIpc) is 3.07. The first-order chi connectivity index (χ1) is 10.5. The zero-order chi connectivity index (χ0) is 15.7. The third-order valence-electron chi connectivity index (χ3n) is 4.55. The maximum atomic E-state index is 12.7. The van der Waals surface area contributed by atoms with E-state index in [1.807, 2.05) is 24.0 Å². The summed E-state index contributed by atoms with van der Waals surface area (Å²) in [6, 6.07) is 3.42. The summed E-state index contributed by atoms with van der Waals surface area (Å²) in [5.74, 6) is 1.69. The van der Waals surface area contributed by atoms with E-state index in [4.69, 9.17) is 4.42 Å². The molecular formula is C16H23N3O3. The zero-order valence-corrected chi connectivity index (χ0v) is 13.2. The predicted octanol–water partition coefficient (Wildman–Crippen LogP) is 0.853. The molecule has 0 radical (unpaired) electrons. The first-order valence-electron chi connectivity index (χ1n) is 7.86. The van der Waals surface area contributed by atoms with Crippen LogP contribution in [0.3, 0.4) is 0 Å². The van der Waals surface area contributed by atoms with Gasteiger partial charge in [-0.2, -0.15) is 0 Å². The van der Waals surface area contributed by atoms with Crippen LogP contribution >= 0.6 is 0 Å². The lowest BCUT2D eigenvalue weighted by Crippen LogP contribution is -2.53. The average molecular weight is 305 g/mol. The van der Waals surface area contributed by atoms with Crippen LogP contribution in [0.15, 0.2) is 16.5 Å². The molecule has 0 spiro atoms. The van der Waals surface area contributed by atoms with Crippen LogP contribution in [0.2, 0.25) is 0 Å². The Labute approximate surface area is 130 Å². The van der Waals surface area contributed by atoms with Gasteiger partial charge in [-0.15, -0.1) is 0 Å². The molecule has 6 nitrogen and oxygen atoms in total. The van der Waals surface area contributed by atoms with Gasteiger partial charge in [-0.25, -0.2) is 0 Å². The topological polar surface area (TPSA) is 57.0 Å². The number of rotatable bonds is 3.